The highest BCUT2D eigenvalue weighted by Crippen LogP contribution is 2.34. The fourth-order valence-corrected chi connectivity index (χ4v) is 2.88. The van der Waals surface area contributed by atoms with Crippen molar-refractivity contribution in [3.05, 3.63) is 11.6 Å². The van der Waals surface area contributed by atoms with E-state index < -0.39 is 14.6 Å². The molecule has 0 spiro atoms. The Morgan fingerprint density at radius 2 is 2.12 bits per heavy atom. The van der Waals surface area contributed by atoms with Crippen molar-refractivity contribution in [1.82, 2.24) is 0 Å². The predicted molar refractivity (Wildman–Crippen MR) is 67.5 cm³/mol. The lowest BCUT2D eigenvalue weighted by Crippen LogP contribution is -2.30. The molecule has 3 nitrogen and oxygen atoms in total. The van der Waals surface area contributed by atoms with Crippen LogP contribution in [0.5, 0.6) is 0 Å². The summed E-state index contributed by atoms with van der Waals surface area (Å²) in [7, 11) is -1.74. The lowest BCUT2D eigenvalue weighted by Gasteiger charge is -2.30. The van der Waals surface area contributed by atoms with Gasteiger partial charge in [0.25, 0.3) is 0 Å². The fraction of sp³-hybridized carbons (Fsp3) is 0.833. The summed E-state index contributed by atoms with van der Waals surface area (Å²) in [6.45, 7) is 8.37. The third kappa shape index (κ3) is 4.77. The average molecular weight is 262 g/mol. The van der Waals surface area contributed by atoms with Crippen molar-refractivity contribution in [1.29, 1.82) is 0 Å². The molecule has 0 saturated carbocycles. The van der Waals surface area contributed by atoms with Crippen LogP contribution in [0.1, 0.15) is 26.2 Å². The Bertz CT molecular complexity index is 286. The molecule has 0 fully saturated rings. The topological polar surface area (TPSA) is 38.7 Å². The summed E-state index contributed by atoms with van der Waals surface area (Å²) in [6, 6.07) is 0. The van der Waals surface area contributed by atoms with Crippen LogP contribution in [0.3, 0.4) is 0 Å². The van der Waals surface area contributed by atoms with E-state index in [1.165, 1.54) is 0 Å². The molecule has 1 aliphatic carbocycles. The molecule has 0 aromatic rings. The zero-order valence-corrected chi connectivity index (χ0v) is 12.1. The molecule has 0 amide bonds. The maximum atomic E-state index is 13.8. The number of halogens is 1. The van der Waals surface area contributed by atoms with E-state index in [1.54, 1.807) is 0 Å². The van der Waals surface area contributed by atoms with Crippen molar-refractivity contribution in [3.63, 3.8) is 0 Å². The first-order valence-electron chi connectivity index (χ1n) is 6.19. The van der Waals surface area contributed by atoms with E-state index in [0.717, 1.165) is 0 Å². The van der Waals surface area contributed by atoms with E-state index in [1.807, 2.05) is 26.6 Å². The second-order valence-electron chi connectivity index (χ2n) is 5.39. The Balaban J connectivity index is 2.59. The van der Waals surface area contributed by atoms with E-state index in [4.69, 9.17) is 9.16 Å². The van der Waals surface area contributed by atoms with Crippen molar-refractivity contribution in [2.75, 3.05) is 6.61 Å². The minimum Gasteiger partial charge on any atom is -0.545 e. The zero-order valence-electron chi connectivity index (χ0n) is 11.1. The first kappa shape index (κ1) is 14.7. The van der Waals surface area contributed by atoms with E-state index in [9.17, 15) is 9.50 Å². The second kappa shape index (κ2) is 5.98. The van der Waals surface area contributed by atoms with Crippen LogP contribution < -0.4 is 0 Å². The molecule has 0 aliphatic heterocycles. The number of ether oxygens (including phenoxy) is 1. The maximum Gasteiger partial charge on any atom is 0.241 e. The normalized spacial score (nSPS) is 23.8. The van der Waals surface area contributed by atoms with Gasteiger partial charge in [-0.05, 0) is 33.0 Å². The van der Waals surface area contributed by atoms with Gasteiger partial charge in [-0.15, -0.1) is 0 Å². The van der Waals surface area contributed by atoms with Gasteiger partial charge in [0.05, 0.1) is 0 Å². The molecule has 1 aliphatic rings. The quantitative estimate of drug-likeness (QED) is 0.611. The number of aliphatic hydroxyl groups excluding tert-OH is 1. The molecule has 0 saturated heterocycles. The summed E-state index contributed by atoms with van der Waals surface area (Å²) in [5.74, 6) is 0.121. The molecule has 2 unspecified atom stereocenters. The summed E-state index contributed by atoms with van der Waals surface area (Å²) in [5.41, 5.74) is 0. The minimum absolute atomic E-state index is 0.149. The summed E-state index contributed by atoms with van der Waals surface area (Å²) in [6.07, 6.45) is 0.638. The molecular weight excluding hydrogens is 239 g/mol. The van der Waals surface area contributed by atoms with Crippen molar-refractivity contribution < 1.29 is 18.7 Å². The molecular formula is C12H23FO3Si. The molecule has 1 rings (SSSR count). The Labute approximate surface area is 104 Å². The Kier molecular flexibility index (Phi) is 5.16. The van der Waals surface area contributed by atoms with Crippen LogP contribution in [0.15, 0.2) is 11.6 Å². The number of hydrogen-bond acceptors (Lipinski definition) is 3. The predicted octanol–water partition coefficient (Wildman–Crippen LogP) is 3.17. The van der Waals surface area contributed by atoms with Crippen molar-refractivity contribution in [2.24, 2.45) is 5.92 Å². The summed E-state index contributed by atoms with van der Waals surface area (Å²) >= 11 is 0. The maximum absolute atomic E-state index is 13.8. The van der Waals surface area contributed by atoms with Crippen molar-refractivity contribution in [3.8, 4) is 0 Å². The van der Waals surface area contributed by atoms with Gasteiger partial charge in [0, 0.05) is 25.4 Å². The molecule has 1 N–H and O–H groups in total. The Morgan fingerprint density at radius 3 is 2.59 bits per heavy atom. The average Bonchev–Trinajstić information content (AvgIpc) is 2.19. The minimum atomic E-state index is -1.74. The van der Waals surface area contributed by atoms with E-state index in [0.29, 0.717) is 25.2 Å². The molecule has 5 heteroatoms. The molecule has 0 aromatic heterocycles. The van der Waals surface area contributed by atoms with Gasteiger partial charge in [0.15, 0.2) is 6.29 Å². The summed E-state index contributed by atoms with van der Waals surface area (Å²) in [4.78, 5) is 0. The fourth-order valence-electron chi connectivity index (χ4n) is 1.92. The molecule has 0 radical (unpaired) electrons. The summed E-state index contributed by atoms with van der Waals surface area (Å²) in [5, 5.41) is 9.67. The van der Waals surface area contributed by atoms with Gasteiger partial charge in [-0.1, -0.05) is 0 Å². The first-order chi connectivity index (χ1) is 7.83. The number of aliphatic hydroxyl groups is 1. The molecule has 100 valence electrons. The van der Waals surface area contributed by atoms with E-state index in [2.05, 4.69) is 0 Å². The van der Waals surface area contributed by atoms with Crippen LogP contribution in [0, 0.1) is 5.92 Å². The third-order valence-corrected chi connectivity index (χ3v) is 3.52. The molecule has 0 bridgehead atoms. The van der Waals surface area contributed by atoms with Crippen LogP contribution in [-0.2, 0) is 9.16 Å². The third-order valence-electron chi connectivity index (χ3n) is 2.66. The van der Waals surface area contributed by atoms with Gasteiger partial charge in [-0.3, -0.25) is 0 Å². The SMILES string of the molecule is CCOC(O)C1CCC(O[Si](C)(C)C)=C(F)C1. The van der Waals surface area contributed by atoms with Crippen molar-refractivity contribution >= 4 is 8.32 Å². The standard InChI is InChI=1S/C12H23FO3Si/c1-5-15-12(14)9-6-7-11(10(13)8-9)16-17(2,3)4/h9,12,14H,5-8H2,1-4H3. The first-order valence-corrected chi connectivity index (χ1v) is 9.60. The van der Waals surface area contributed by atoms with Crippen LogP contribution >= 0.6 is 0 Å². The smallest absolute Gasteiger partial charge is 0.241 e. The molecule has 0 heterocycles. The van der Waals surface area contributed by atoms with Gasteiger partial charge < -0.3 is 14.3 Å². The zero-order chi connectivity index (χ0) is 13.1. The molecule has 2 atom stereocenters. The second-order valence-corrected chi connectivity index (χ2v) is 9.82. The van der Waals surface area contributed by atoms with Crippen LogP contribution in [0.2, 0.25) is 19.6 Å². The largest absolute Gasteiger partial charge is 0.545 e. The van der Waals surface area contributed by atoms with Crippen molar-refractivity contribution in [2.45, 2.75) is 52.1 Å². The van der Waals surface area contributed by atoms with Gasteiger partial charge in [0.2, 0.25) is 8.32 Å². The van der Waals surface area contributed by atoms with E-state index >= 15 is 0 Å². The summed E-state index contributed by atoms with van der Waals surface area (Å²) < 4.78 is 24.6. The molecule has 0 aromatic carbocycles. The lowest BCUT2D eigenvalue weighted by atomic mass is 9.92. The van der Waals surface area contributed by atoms with Crippen LogP contribution in [0.4, 0.5) is 4.39 Å². The number of allylic oxidation sites excluding steroid dienone is 2. The van der Waals surface area contributed by atoms with Crippen LogP contribution in [-0.4, -0.2) is 26.3 Å². The van der Waals surface area contributed by atoms with E-state index in [-0.39, 0.29) is 18.2 Å². The highest BCUT2D eigenvalue weighted by atomic mass is 28.4. The Hall–Kier alpha value is -0.393. The number of rotatable bonds is 5. The molecule has 17 heavy (non-hydrogen) atoms. The highest BCUT2D eigenvalue weighted by molar-refractivity contribution is 6.70. The monoisotopic (exact) mass is 262 g/mol. The van der Waals surface area contributed by atoms with Crippen LogP contribution in [0.25, 0.3) is 0 Å². The highest BCUT2D eigenvalue weighted by Gasteiger charge is 2.30. The van der Waals surface area contributed by atoms with Gasteiger partial charge >= 0.3 is 0 Å². The van der Waals surface area contributed by atoms with Gasteiger partial charge in [-0.25, -0.2) is 4.39 Å². The van der Waals surface area contributed by atoms with Gasteiger partial charge in [-0.2, -0.15) is 0 Å². The van der Waals surface area contributed by atoms with Gasteiger partial charge in [0.1, 0.15) is 11.6 Å². The lowest BCUT2D eigenvalue weighted by molar-refractivity contribution is -0.134. The Morgan fingerprint density at radius 1 is 1.47 bits per heavy atom. The number of hydrogen-bond donors (Lipinski definition) is 1.